The number of amides is 1. The second kappa shape index (κ2) is 6.05. The van der Waals surface area contributed by atoms with Gasteiger partial charge in [0.1, 0.15) is 5.75 Å². The molecule has 0 bridgehead atoms. The SMILES string of the molecule is CCN(C(=O)c1ccc(C)c(OC)c1)[C@@H]1CCS(=O)(=O)C1. The smallest absolute Gasteiger partial charge is 0.254 e. The molecule has 116 valence electrons. The lowest BCUT2D eigenvalue weighted by molar-refractivity contribution is 0.0708. The average molecular weight is 311 g/mol. The van der Waals surface area contributed by atoms with E-state index in [1.54, 1.807) is 24.1 Å². The molecule has 1 aromatic carbocycles. The Bertz CT molecular complexity index is 639. The molecule has 21 heavy (non-hydrogen) atoms. The molecule has 0 aromatic heterocycles. The van der Waals surface area contributed by atoms with Gasteiger partial charge < -0.3 is 9.64 Å². The van der Waals surface area contributed by atoms with Gasteiger partial charge in [-0.2, -0.15) is 0 Å². The molecule has 1 amide bonds. The number of sulfone groups is 1. The van der Waals surface area contributed by atoms with E-state index in [9.17, 15) is 13.2 Å². The Morgan fingerprint density at radius 3 is 2.67 bits per heavy atom. The fourth-order valence-corrected chi connectivity index (χ4v) is 4.44. The summed E-state index contributed by atoms with van der Waals surface area (Å²) >= 11 is 0. The molecule has 5 nitrogen and oxygen atoms in total. The molecule has 1 aliphatic heterocycles. The molecule has 0 saturated carbocycles. The van der Waals surface area contributed by atoms with Gasteiger partial charge in [-0.05, 0) is 38.0 Å². The topological polar surface area (TPSA) is 63.7 Å². The van der Waals surface area contributed by atoms with Crippen molar-refractivity contribution in [1.29, 1.82) is 0 Å². The van der Waals surface area contributed by atoms with E-state index in [-0.39, 0.29) is 23.5 Å². The van der Waals surface area contributed by atoms with Crippen LogP contribution >= 0.6 is 0 Å². The summed E-state index contributed by atoms with van der Waals surface area (Å²) < 4.78 is 28.5. The van der Waals surface area contributed by atoms with Crippen LogP contribution in [0.1, 0.15) is 29.3 Å². The summed E-state index contributed by atoms with van der Waals surface area (Å²) in [7, 11) is -1.44. The second-order valence-corrected chi connectivity index (χ2v) is 7.56. The van der Waals surface area contributed by atoms with E-state index in [0.717, 1.165) is 5.56 Å². The Labute approximate surface area is 125 Å². The van der Waals surface area contributed by atoms with Gasteiger partial charge in [-0.25, -0.2) is 8.42 Å². The highest BCUT2D eigenvalue weighted by atomic mass is 32.2. The van der Waals surface area contributed by atoms with Crippen LogP contribution in [0, 0.1) is 6.92 Å². The Hall–Kier alpha value is -1.56. The highest BCUT2D eigenvalue weighted by Crippen LogP contribution is 2.23. The maximum atomic E-state index is 12.6. The molecule has 0 spiro atoms. The fraction of sp³-hybridized carbons (Fsp3) is 0.533. The van der Waals surface area contributed by atoms with Gasteiger partial charge >= 0.3 is 0 Å². The number of carbonyl (C=O) groups is 1. The maximum absolute atomic E-state index is 12.6. The first-order valence-electron chi connectivity index (χ1n) is 7.04. The minimum atomic E-state index is -3.00. The first-order chi connectivity index (χ1) is 9.88. The summed E-state index contributed by atoms with van der Waals surface area (Å²) in [4.78, 5) is 14.3. The molecule has 0 N–H and O–H groups in total. The molecule has 0 unspecified atom stereocenters. The first-order valence-corrected chi connectivity index (χ1v) is 8.86. The van der Waals surface area contributed by atoms with Crippen molar-refractivity contribution >= 4 is 15.7 Å². The zero-order valence-corrected chi connectivity index (χ0v) is 13.4. The monoisotopic (exact) mass is 311 g/mol. The van der Waals surface area contributed by atoms with Crippen molar-refractivity contribution in [3.8, 4) is 5.75 Å². The van der Waals surface area contributed by atoms with Crippen molar-refractivity contribution in [3.63, 3.8) is 0 Å². The van der Waals surface area contributed by atoms with Gasteiger partial charge in [-0.3, -0.25) is 4.79 Å². The lowest BCUT2D eigenvalue weighted by Crippen LogP contribution is -2.41. The number of ether oxygens (including phenoxy) is 1. The predicted octanol–water partition coefficient (Wildman–Crippen LogP) is 1.65. The van der Waals surface area contributed by atoms with Gasteiger partial charge in [0.25, 0.3) is 5.91 Å². The molecule has 1 atom stereocenters. The molecule has 1 heterocycles. The predicted molar refractivity (Wildman–Crippen MR) is 81.5 cm³/mol. The molecular formula is C15H21NO4S. The van der Waals surface area contributed by atoms with Crippen molar-refractivity contribution < 1.29 is 17.9 Å². The Kier molecular flexibility index (Phi) is 4.56. The van der Waals surface area contributed by atoms with Crippen LogP contribution in [0.25, 0.3) is 0 Å². The number of hydrogen-bond acceptors (Lipinski definition) is 4. The fourth-order valence-electron chi connectivity index (χ4n) is 2.71. The number of nitrogens with zero attached hydrogens (tertiary/aromatic N) is 1. The van der Waals surface area contributed by atoms with E-state index >= 15 is 0 Å². The van der Waals surface area contributed by atoms with Gasteiger partial charge in [-0.1, -0.05) is 6.07 Å². The normalized spacial score (nSPS) is 20.2. The second-order valence-electron chi connectivity index (χ2n) is 5.33. The first kappa shape index (κ1) is 15.8. The Morgan fingerprint density at radius 2 is 2.14 bits per heavy atom. The lowest BCUT2D eigenvalue weighted by atomic mass is 10.1. The zero-order chi connectivity index (χ0) is 15.6. The maximum Gasteiger partial charge on any atom is 0.254 e. The van der Waals surface area contributed by atoms with Gasteiger partial charge in [0, 0.05) is 18.2 Å². The summed E-state index contributed by atoms with van der Waals surface area (Å²) in [6.07, 6.45) is 0.519. The van der Waals surface area contributed by atoms with Crippen LogP contribution < -0.4 is 4.74 Å². The molecule has 1 aliphatic rings. The molecular weight excluding hydrogens is 290 g/mol. The minimum absolute atomic E-state index is 0.0651. The van der Waals surface area contributed by atoms with Crippen LogP contribution in [-0.2, 0) is 9.84 Å². The summed E-state index contributed by atoms with van der Waals surface area (Å²) in [6, 6.07) is 5.08. The molecule has 1 fully saturated rings. The summed E-state index contributed by atoms with van der Waals surface area (Å²) in [5.74, 6) is 0.752. The number of carbonyl (C=O) groups excluding carboxylic acids is 1. The quantitative estimate of drug-likeness (QED) is 0.848. The molecule has 6 heteroatoms. The van der Waals surface area contributed by atoms with E-state index in [1.807, 2.05) is 19.9 Å². The van der Waals surface area contributed by atoms with Crippen molar-refractivity contribution in [2.45, 2.75) is 26.3 Å². The highest BCUT2D eigenvalue weighted by Gasteiger charge is 2.34. The average Bonchev–Trinajstić information content (AvgIpc) is 2.80. The number of rotatable bonds is 4. The van der Waals surface area contributed by atoms with Crippen LogP contribution in [0.5, 0.6) is 5.75 Å². The van der Waals surface area contributed by atoms with E-state index in [0.29, 0.717) is 24.3 Å². The molecule has 1 saturated heterocycles. The summed E-state index contributed by atoms with van der Waals surface area (Å²) in [5.41, 5.74) is 1.49. The number of benzene rings is 1. The van der Waals surface area contributed by atoms with Gasteiger partial charge in [0.15, 0.2) is 9.84 Å². The van der Waals surface area contributed by atoms with Crippen molar-refractivity contribution in [3.05, 3.63) is 29.3 Å². The standard InChI is InChI=1S/C15H21NO4S/c1-4-16(13-7-8-21(18,19)10-13)15(17)12-6-5-11(2)14(9-12)20-3/h5-6,9,13H,4,7-8,10H2,1-3H3/t13-/m1/s1. The zero-order valence-electron chi connectivity index (χ0n) is 12.6. The Balaban J connectivity index is 2.25. The minimum Gasteiger partial charge on any atom is -0.496 e. The van der Waals surface area contributed by atoms with Crippen LogP contribution in [-0.4, -0.2) is 50.4 Å². The Morgan fingerprint density at radius 1 is 1.43 bits per heavy atom. The van der Waals surface area contributed by atoms with E-state index in [4.69, 9.17) is 4.74 Å². The summed E-state index contributed by atoms with van der Waals surface area (Å²) in [6.45, 7) is 4.28. The van der Waals surface area contributed by atoms with E-state index < -0.39 is 9.84 Å². The van der Waals surface area contributed by atoms with Crippen LogP contribution in [0.15, 0.2) is 18.2 Å². The number of aryl methyl sites for hydroxylation is 1. The number of hydrogen-bond donors (Lipinski definition) is 0. The van der Waals surface area contributed by atoms with E-state index in [2.05, 4.69) is 0 Å². The van der Waals surface area contributed by atoms with Gasteiger partial charge in [-0.15, -0.1) is 0 Å². The third kappa shape index (κ3) is 3.37. The van der Waals surface area contributed by atoms with Crippen LogP contribution in [0.2, 0.25) is 0 Å². The molecule has 2 rings (SSSR count). The van der Waals surface area contributed by atoms with Crippen LogP contribution in [0.4, 0.5) is 0 Å². The van der Waals surface area contributed by atoms with Crippen molar-refractivity contribution in [2.24, 2.45) is 0 Å². The van der Waals surface area contributed by atoms with Gasteiger partial charge in [0.05, 0.1) is 18.6 Å². The highest BCUT2D eigenvalue weighted by molar-refractivity contribution is 7.91. The third-order valence-electron chi connectivity index (χ3n) is 3.91. The van der Waals surface area contributed by atoms with Crippen molar-refractivity contribution in [1.82, 2.24) is 4.90 Å². The summed E-state index contributed by atoms with van der Waals surface area (Å²) in [5, 5.41) is 0. The lowest BCUT2D eigenvalue weighted by Gasteiger charge is -2.27. The molecule has 0 radical (unpaired) electrons. The van der Waals surface area contributed by atoms with Crippen LogP contribution in [0.3, 0.4) is 0 Å². The van der Waals surface area contributed by atoms with E-state index in [1.165, 1.54) is 0 Å². The third-order valence-corrected chi connectivity index (χ3v) is 5.66. The van der Waals surface area contributed by atoms with Crippen molar-refractivity contribution in [2.75, 3.05) is 25.2 Å². The molecule has 0 aliphatic carbocycles. The number of methoxy groups -OCH3 is 1. The molecule has 1 aromatic rings. The van der Waals surface area contributed by atoms with Gasteiger partial charge in [0.2, 0.25) is 0 Å². The largest absolute Gasteiger partial charge is 0.496 e.